The highest BCUT2D eigenvalue weighted by Crippen LogP contribution is 2.27. The van der Waals surface area contributed by atoms with Crippen LogP contribution in [0.5, 0.6) is 0 Å². The van der Waals surface area contributed by atoms with Gasteiger partial charge in [0.05, 0.1) is 6.54 Å². The smallest absolute Gasteiger partial charge is 0.293 e. The fourth-order valence-corrected chi connectivity index (χ4v) is 3.59. The van der Waals surface area contributed by atoms with E-state index in [1.54, 1.807) is 18.2 Å². The molecular formula is C24H18BrClN2O3S. The summed E-state index contributed by atoms with van der Waals surface area (Å²) in [4.78, 5) is 12.5. The predicted octanol–water partition coefficient (Wildman–Crippen LogP) is 6.74. The second-order valence-corrected chi connectivity index (χ2v) is 8.77. The van der Waals surface area contributed by atoms with Crippen LogP contribution in [0, 0.1) is 6.92 Å². The number of rotatable bonds is 5. The average Bonchev–Trinajstić information content (AvgIpc) is 3.45. The maximum absolute atomic E-state index is 12.5. The van der Waals surface area contributed by atoms with E-state index in [1.807, 2.05) is 55.5 Å². The Morgan fingerprint density at radius 3 is 2.41 bits per heavy atom. The van der Waals surface area contributed by atoms with Gasteiger partial charge < -0.3 is 14.2 Å². The summed E-state index contributed by atoms with van der Waals surface area (Å²) >= 11 is 14.8. The van der Waals surface area contributed by atoms with Crippen molar-refractivity contribution in [3.63, 3.8) is 0 Å². The van der Waals surface area contributed by atoms with E-state index < -0.39 is 5.91 Å². The summed E-state index contributed by atoms with van der Waals surface area (Å²) in [5, 5.41) is 6.39. The molecule has 0 radical (unpaired) electrons. The molecule has 0 atom stereocenters. The van der Waals surface area contributed by atoms with Gasteiger partial charge in [0.15, 0.2) is 10.9 Å². The summed E-state index contributed by atoms with van der Waals surface area (Å²) in [6.45, 7) is 2.26. The first kappa shape index (κ1) is 22.3. The van der Waals surface area contributed by atoms with Crippen molar-refractivity contribution in [1.82, 2.24) is 10.6 Å². The third-order valence-electron chi connectivity index (χ3n) is 4.73. The largest absolute Gasteiger partial charge is 0.459 e. The van der Waals surface area contributed by atoms with Gasteiger partial charge in [0.25, 0.3) is 5.91 Å². The Balaban J connectivity index is 1.33. The van der Waals surface area contributed by atoms with Crippen molar-refractivity contribution in [2.75, 3.05) is 0 Å². The number of thiocarbonyl (C=S) groups is 1. The lowest BCUT2D eigenvalue weighted by Crippen LogP contribution is -2.38. The van der Waals surface area contributed by atoms with E-state index in [-0.39, 0.29) is 10.9 Å². The molecule has 0 fully saturated rings. The van der Waals surface area contributed by atoms with Crippen LogP contribution in [0.25, 0.3) is 22.6 Å². The van der Waals surface area contributed by atoms with Crippen molar-refractivity contribution in [2.24, 2.45) is 0 Å². The van der Waals surface area contributed by atoms with Crippen LogP contribution in [0.4, 0.5) is 0 Å². The number of nitrogens with one attached hydrogen (secondary N) is 2. The molecule has 5 nitrogen and oxygen atoms in total. The van der Waals surface area contributed by atoms with Crippen LogP contribution < -0.4 is 10.6 Å². The fourth-order valence-electron chi connectivity index (χ4n) is 2.98. The highest BCUT2D eigenvalue weighted by atomic mass is 79.9. The molecule has 0 saturated heterocycles. The van der Waals surface area contributed by atoms with Gasteiger partial charge in [-0.15, -0.1) is 0 Å². The number of hydrogen-bond donors (Lipinski definition) is 2. The van der Waals surface area contributed by atoms with Gasteiger partial charge >= 0.3 is 0 Å². The molecule has 2 N–H and O–H groups in total. The summed E-state index contributed by atoms with van der Waals surface area (Å²) in [5.41, 5.74) is 2.73. The van der Waals surface area contributed by atoms with Gasteiger partial charge in [-0.05, 0) is 67.2 Å². The van der Waals surface area contributed by atoms with E-state index >= 15 is 0 Å². The van der Waals surface area contributed by atoms with E-state index in [0.717, 1.165) is 26.9 Å². The average molecular weight is 530 g/mol. The molecule has 0 aliphatic rings. The number of aryl methyl sites for hydroxylation is 1. The Bertz CT molecular complexity index is 1280. The van der Waals surface area contributed by atoms with Crippen molar-refractivity contribution in [3.05, 3.63) is 93.3 Å². The second-order valence-electron chi connectivity index (χ2n) is 7.04. The van der Waals surface area contributed by atoms with Crippen LogP contribution in [-0.4, -0.2) is 11.0 Å². The summed E-state index contributed by atoms with van der Waals surface area (Å²) in [6, 6.07) is 20.5. The van der Waals surface area contributed by atoms with Gasteiger partial charge in [-0.25, -0.2) is 0 Å². The van der Waals surface area contributed by atoms with Gasteiger partial charge in [0.1, 0.15) is 17.3 Å². The molecule has 0 spiro atoms. The van der Waals surface area contributed by atoms with Crippen molar-refractivity contribution >= 4 is 50.8 Å². The molecular weight excluding hydrogens is 512 g/mol. The predicted molar refractivity (Wildman–Crippen MR) is 133 cm³/mol. The lowest BCUT2D eigenvalue weighted by atomic mass is 10.1. The number of amides is 1. The zero-order valence-electron chi connectivity index (χ0n) is 16.9. The first-order valence-electron chi connectivity index (χ1n) is 9.69. The third kappa shape index (κ3) is 5.30. The van der Waals surface area contributed by atoms with Crippen molar-refractivity contribution < 1.29 is 13.6 Å². The van der Waals surface area contributed by atoms with E-state index in [4.69, 9.17) is 32.7 Å². The summed E-state index contributed by atoms with van der Waals surface area (Å²) in [6.07, 6.45) is 0. The quantitative estimate of drug-likeness (QED) is 0.280. The SMILES string of the molecule is Cc1ccc(-c2ccc(C(=O)NC(=S)NCc3ccc(-c4ccc(Br)cc4)o3)o2)cc1Cl. The molecule has 1 amide bonds. The first-order chi connectivity index (χ1) is 15.4. The number of halogens is 2. The number of carbonyl (C=O) groups excluding carboxylic acids is 1. The van der Waals surface area contributed by atoms with Crippen LogP contribution in [0.1, 0.15) is 21.9 Å². The number of furan rings is 2. The molecule has 0 bridgehead atoms. The van der Waals surface area contributed by atoms with E-state index in [2.05, 4.69) is 26.6 Å². The first-order valence-corrected chi connectivity index (χ1v) is 11.3. The van der Waals surface area contributed by atoms with Crippen molar-refractivity contribution in [3.8, 4) is 22.6 Å². The number of benzene rings is 2. The highest BCUT2D eigenvalue weighted by molar-refractivity contribution is 9.10. The molecule has 4 aromatic rings. The maximum atomic E-state index is 12.5. The minimum atomic E-state index is -0.443. The Hall–Kier alpha value is -2.87. The van der Waals surface area contributed by atoms with Crippen LogP contribution >= 0.6 is 39.7 Å². The molecule has 2 aromatic carbocycles. The van der Waals surface area contributed by atoms with Gasteiger partial charge in [0.2, 0.25) is 0 Å². The number of carbonyl (C=O) groups is 1. The summed E-state index contributed by atoms with van der Waals surface area (Å²) in [5.74, 6) is 1.70. The molecule has 2 aromatic heterocycles. The van der Waals surface area contributed by atoms with Crippen molar-refractivity contribution in [1.29, 1.82) is 0 Å². The lowest BCUT2D eigenvalue weighted by molar-refractivity contribution is 0.0950. The Morgan fingerprint density at radius 1 is 0.969 bits per heavy atom. The summed E-state index contributed by atoms with van der Waals surface area (Å²) < 4.78 is 12.5. The van der Waals surface area contributed by atoms with Gasteiger partial charge in [-0.2, -0.15) is 0 Å². The number of hydrogen-bond acceptors (Lipinski definition) is 4. The molecule has 2 heterocycles. The van der Waals surface area contributed by atoms with Gasteiger partial charge in [-0.3, -0.25) is 10.1 Å². The standard InChI is InChI=1S/C24H18BrClN2O3S/c1-14-2-3-16(12-19(14)26)21-10-11-22(31-21)23(29)28-24(32)27-13-18-8-9-20(30-18)15-4-6-17(25)7-5-15/h2-12H,13H2,1H3,(H2,27,28,29,32). The fraction of sp³-hybridized carbons (Fsp3) is 0.0833. The van der Waals surface area contributed by atoms with Crippen LogP contribution in [0.2, 0.25) is 5.02 Å². The van der Waals surface area contributed by atoms with E-state index in [0.29, 0.717) is 23.1 Å². The zero-order chi connectivity index (χ0) is 22.7. The van der Waals surface area contributed by atoms with Crippen LogP contribution in [-0.2, 0) is 6.54 Å². The normalized spacial score (nSPS) is 10.7. The second kappa shape index (κ2) is 9.73. The van der Waals surface area contributed by atoms with Gasteiger partial charge in [0, 0.05) is 20.6 Å². The zero-order valence-corrected chi connectivity index (χ0v) is 20.1. The Kier molecular flexibility index (Phi) is 6.79. The minimum Gasteiger partial charge on any atom is -0.459 e. The van der Waals surface area contributed by atoms with Crippen LogP contribution in [0.15, 0.2) is 80.0 Å². The van der Waals surface area contributed by atoms with E-state index in [9.17, 15) is 4.79 Å². The molecule has 4 rings (SSSR count). The monoisotopic (exact) mass is 528 g/mol. The van der Waals surface area contributed by atoms with Crippen molar-refractivity contribution in [2.45, 2.75) is 13.5 Å². The summed E-state index contributed by atoms with van der Waals surface area (Å²) in [7, 11) is 0. The molecule has 8 heteroatoms. The highest BCUT2D eigenvalue weighted by Gasteiger charge is 2.14. The topological polar surface area (TPSA) is 67.4 Å². The van der Waals surface area contributed by atoms with E-state index in [1.165, 1.54) is 0 Å². The molecule has 0 unspecified atom stereocenters. The molecule has 0 aliphatic carbocycles. The third-order valence-corrected chi connectivity index (χ3v) is 5.91. The maximum Gasteiger partial charge on any atom is 0.293 e. The molecule has 32 heavy (non-hydrogen) atoms. The molecule has 0 aliphatic heterocycles. The minimum absolute atomic E-state index is 0.149. The van der Waals surface area contributed by atoms with Gasteiger partial charge in [-0.1, -0.05) is 51.8 Å². The van der Waals surface area contributed by atoms with Crippen LogP contribution in [0.3, 0.4) is 0 Å². The molecule has 0 saturated carbocycles. The Morgan fingerprint density at radius 2 is 1.66 bits per heavy atom. The molecule has 162 valence electrons. The lowest BCUT2D eigenvalue weighted by Gasteiger charge is -2.07. The Labute approximate surface area is 203 Å².